The maximum Gasteiger partial charge on any atom is 0.346 e. The van der Waals surface area contributed by atoms with Crippen molar-refractivity contribution in [1.82, 2.24) is 0 Å². The summed E-state index contributed by atoms with van der Waals surface area (Å²) in [6, 6.07) is 6.30. The summed E-state index contributed by atoms with van der Waals surface area (Å²) in [4.78, 5) is 22.3. The molecule has 0 aliphatic heterocycles. The number of methoxy groups -OCH3 is 2. The minimum absolute atomic E-state index is 0.419. The zero-order chi connectivity index (χ0) is 12.8. The van der Waals surface area contributed by atoms with Gasteiger partial charge >= 0.3 is 11.9 Å². The lowest BCUT2D eigenvalue weighted by molar-refractivity contribution is -0.147. The molecule has 0 bridgehead atoms. The lowest BCUT2D eigenvalue weighted by Crippen LogP contribution is -2.24. The van der Waals surface area contributed by atoms with Crippen LogP contribution >= 0.6 is 0 Å². The normalized spacial score (nSPS) is 11.5. The molecule has 0 fully saturated rings. The van der Waals surface area contributed by atoms with E-state index in [1.807, 2.05) is 0 Å². The summed E-state index contributed by atoms with van der Waals surface area (Å²) < 4.78 is 14.4. The lowest BCUT2D eigenvalue weighted by Gasteiger charge is -2.12. The number of rotatable bonds is 4. The van der Waals surface area contributed by atoms with Crippen LogP contribution in [-0.4, -0.2) is 32.3 Å². The molecule has 1 atom stereocenters. The highest BCUT2D eigenvalue weighted by Gasteiger charge is 2.14. The first-order valence-electron chi connectivity index (χ1n) is 5.01. The van der Waals surface area contributed by atoms with Crippen LogP contribution in [0.2, 0.25) is 0 Å². The Morgan fingerprint density at radius 3 is 2.12 bits per heavy atom. The maximum atomic E-state index is 11.2. The van der Waals surface area contributed by atoms with Crippen LogP contribution in [0.25, 0.3) is 0 Å². The fourth-order valence-corrected chi connectivity index (χ4v) is 1.21. The third kappa shape index (κ3) is 3.48. The molecule has 0 aromatic heterocycles. The van der Waals surface area contributed by atoms with E-state index in [0.29, 0.717) is 11.3 Å². The second-order valence-corrected chi connectivity index (χ2v) is 3.30. The molecule has 5 nitrogen and oxygen atoms in total. The summed E-state index contributed by atoms with van der Waals surface area (Å²) in [5.41, 5.74) is 0.422. The number of hydrogen-bond acceptors (Lipinski definition) is 5. The first kappa shape index (κ1) is 13.0. The number of carbonyl (C=O) groups is 2. The van der Waals surface area contributed by atoms with Crippen molar-refractivity contribution in [2.45, 2.75) is 13.0 Å². The SMILES string of the molecule is COC(=O)c1ccc(O[C@H](C)C(=O)OC)cc1. The van der Waals surface area contributed by atoms with Crippen LogP contribution in [0.5, 0.6) is 5.75 Å². The Hall–Kier alpha value is -2.04. The maximum absolute atomic E-state index is 11.2. The van der Waals surface area contributed by atoms with Gasteiger partial charge in [0.05, 0.1) is 19.8 Å². The summed E-state index contributed by atoms with van der Waals surface area (Å²) in [5.74, 6) is -0.393. The highest BCUT2D eigenvalue weighted by molar-refractivity contribution is 5.89. The van der Waals surface area contributed by atoms with Crippen LogP contribution < -0.4 is 4.74 Å². The summed E-state index contributed by atoms with van der Waals surface area (Å²) >= 11 is 0. The average molecular weight is 238 g/mol. The minimum Gasteiger partial charge on any atom is -0.479 e. The van der Waals surface area contributed by atoms with Gasteiger partial charge < -0.3 is 14.2 Å². The van der Waals surface area contributed by atoms with Gasteiger partial charge in [-0.2, -0.15) is 0 Å². The van der Waals surface area contributed by atoms with Crippen LogP contribution in [0.1, 0.15) is 17.3 Å². The Morgan fingerprint density at radius 1 is 1.06 bits per heavy atom. The summed E-state index contributed by atoms with van der Waals surface area (Å²) in [6.07, 6.45) is -0.691. The third-order valence-corrected chi connectivity index (χ3v) is 2.12. The second-order valence-electron chi connectivity index (χ2n) is 3.30. The first-order valence-corrected chi connectivity index (χ1v) is 5.01. The van der Waals surface area contributed by atoms with E-state index in [0.717, 1.165) is 0 Å². The van der Waals surface area contributed by atoms with Gasteiger partial charge in [-0.15, -0.1) is 0 Å². The predicted octanol–water partition coefficient (Wildman–Crippen LogP) is 1.41. The van der Waals surface area contributed by atoms with E-state index in [1.165, 1.54) is 14.2 Å². The highest BCUT2D eigenvalue weighted by atomic mass is 16.6. The fourth-order valence-electron chi connectivity index (χ4n) is 1.21. The summed E-state index contributed by atoms with van der Waals surface area (Å²) in [5, 5.41) is 0. The van der Waals surface area contributed by atoms with Gasteiger partial charge in [0.2, 0.25) is 0 Å². The van der Waals surface area contributed by atoms with Gasteiger partial charge in [-0.1, -0.05) is 0 Å². The van der Waals surface area contributed by atoms with Gasteiger partial charge in [-0.05, 0) is 31.2 Å². The van der Waals surface area contributed by atoms with Gasteiger partial charge in [0, 0.05) is 0 Å². The van der Waals surface area contributed by atoms with Crippen molar-refractivity contribution < 1.29 is 23.8 Å². The zero-order valence-electron chi connectivity index (χ0n) is 9.93. The standard InChI is InChI=1S/C12H14O5/c1-8(11(13)15-2)17-10-6-4-9(5-7-10)12(14)16-3/h4-8H,1-3H3/t8-/m1/s1. The lowest BCUT2D eigenvalue weighted by atomic mass is 10.2. The molecule has 0 N–H and O–H groups in total. The molecule has 0 unspecified atom stereocenters. The largest absolute Gasteiger partial charge is 0.479 e. The van der Waals surface area contributed by atoms with Gasteiger partial charge in [-0.3, -0.25) is 0 Å². The Kier molecular flexibility index (Phi) is 4.51. The van der Waals surface area contributed by atoms with Gasteiger partial charge in [0.1, 0.15) is 5.75 Å². The molecule has 0 aliphatic carbocycles. The van der Waals surface area contributed by atoms with Crippen molar-refractivity contribution in [3.8, 4) is 5.75 Å². The van der Waals surface area contributed by atoms with E-state index < -0.39 is 18.0 Å². The third-order valence-electron chi connectivity index (χ3n) is 2.12. The molecule has 0 aliphatic rings. The van der Waals surface area contributed by atoms with Crippen molar-refractivity contribution in [2.75, 3.05) is 14.2 Å². The van der Waals surface area contributed by atoms with E-state index in [9.17, 15) is 9.59 Å². The Morgan fingerprint density at radius 2 is 1.65 bits per heavy atom. The van der Waals surface area contributed by atoms with Crippen molar-refractivity contribution in [2.24, 2.45) is 0 Å². The first-order chi connectivity index (χ1) is 8.08. The van der Waals surface area contributed by atoms with E-state index in [1.54, 1.807) is 31.2 Å². The molecule has 0 radical (unpaired) electrons. The quantitative estimate of drug-likeness (QED) is 0.742. The number of esters is 2. The monoisotopic (exact) mass is 238 g/mol. The number of hydrogen-bond donors (Lipinski definition) is 0. The smallest absolute Gasteiger partial charge is 0.346 e. The topological polar surface area (TPSA) is 61.8 Å². The Balaban J connectivity index is 2.68. The molecule has 1 aromatic carbocycles. The molecule has 1 aromatic rings. The van der Waals surface area contributed by atoms with E-state index in [-0.39, 0.29) is 0 Å². The molecule has 0 amide bonds. The van der Waals surface area contributed by atoms with Crippen molar-refractivity contribution >= 4 is 11.9 Å². The Labute approximate surface area is 99.3 Å². The molecule has 92 valence electrons. The molecule has 5 heteroatoms. The highest BCUT2D eigenvalue weighted by Crippen LogP contribution is 2.14. The average Bonchev–Trinajstić information content (AvgIpc) is 2.37. The molecule has 0 spiro atoms. The van der Waals surface area contributed by atoms with E-state index >= 15 is 0 Å². The molecule has 0 saturated carbocycles. The minimum atomic E-state index is -0.691. The number of benzene rings is 1. The van der Waals surface area contributed by atoms with Crippen LogP contribution in [0.15, 0.2) is 24.3 Å². The van der Waals surface area contributed by atoms with Crippen LogP contribution in [-0.2, 0) is 14.3 Å². The van der Waals surface area contributed by atoms with Crippen LogP contribution in [0, 0.1) is 0 Å². The Bertz CT molecular complexity index is 396. The van der Waals surface area contributed by atoms with E-state index in [2.05, 4.69) is 9.47 Å². The van der Waals surface area contributed by atoms with Crippen molar-refractivity contribution in [3.63, 3.8) is 0 Å². The van der Waals surface area contributed by atoms with Gasteiger partial charge in [-0.25, -0.2) is 9.59 Å². The van der Waals surface area contributed by atoms with Crippen molar-refractivity contribution in [1.29, 1.82) is 0 Å². The summed E-state index contributed by atoms with van der Waals surface area (Å²) in [6.45, 7) is 1.58. The summed E-state index contributed by atoms with van der Waals surface area (Å²) in [7, 11) is 2.61. The molecule has 0 heterocycles. The molecular formula is C12H14O5. The second kappa shape index (κ2) is 5.89. The number of ether oxygens (including phenoxy) is 3. The molecule has 17 heavy (non-hydrogen) atoms. The predicted molar refractivity (Wildman–Crippen MR) is 59.9 cm³/mol. The van der Waals surface area contributed by atoms with E-state index in [4.69, 9.17) is 4.74 Å². The zero-order valence-corrected chi connectivity index (χ0v) is 9.93. The van der Waals surface area contributed by atoms with Crippen LogP contribution in [0.3, 0.4) is 0 Å². The fraction of sp³-hybridized carbons (Fsp3) is 0.333. The van der Waals surface area contributed by atoms with Gasteiger partial charge in [0.25, 0.3) is 0 Å². The van der Waals surface area contributed by atoms with Crippen molar-refractivity contribution in [3.05, 3.63) is 29.8 Å². The molecular weight excluding hydrogens is 224 g/mol. The van der Waals surface area contributed by atoms with Gasteiger partial charge in [0.15, 0.2) is 6.10 Å². The van der Waals surface area contributed by atoms with Crippen LogP contribution in [0.4, 0.5) is 0 Å². The number of carbonyl (C=O) groups excluding carboxylic acids is 2. The molecule has 0 saturated heterocycles. The molecule has 1 rings (SSSR count).